The predicted octanol–water partition coefficient (Wildman–Crippen LogP) is 3.22. The maximum Gasteiger partial charge on any atom is 0.291 e. The minimum absolute atomic E-state index is 0.0502. The fraction of sp³-hybridized carbons (Fsp3) is 0.286. The first kappa shape index (κ1) is 12.4. The van der Waals surface area contributed by atoms with Crippen LogP contribution in [0.3, 0.4) is 0 Å². The summed E-state index contributed by atoms with van der Waals surface area (Å²) in [4.78, 5) is 16.1. The number of anilines is 1. The number of amides is 1. The summed E-state index contributed by atoms with van der Waals surface area (Å²) in [6, 6.07) is 6.94. The van der Waals surface area contributed by atoms with Crippen molar-refractivity contribution in [1.82, 2.24) is 4.98 Å². The van der Waals surface area contributed by atoms with Gasteiger partial charge in [0.15, 0.2) is 5.76 Å². The van der Waals surface area contributed by atoms with Gasteiger partial charge in [-0.2, -0.15) is 0 Å². The summed E-state index contributed by atoms with van der Waals surface area (Å²) < 4.78 is 5.04. The van der Waals surface area contributed by atoms with E-state index in [1.165, 1.54) is 6.26 Å². The first-order valence-corrected chi connectivity index (χ1v) is 5.78. The molecule has 4 nitrogen and oxygen atoms in total. The molecule has 1 N–H and O–H groups in total. The van der Waals surface area contributed by atoms with Gasteiger partial charge in [0.25, 0.3) is 5.91 Å². The van der Waals surface area contributed by atoms with Gasteiger partial charge >= 0.3 is 0 Å². The van der Waals surface area contributed by atoms with Crippen LogP contribution in [-0.4, -0.2) is 10.9 Å². The van der Waals surface area contributed by atoms with Crippen LogP contribution in [0.1, 0.15) is 37.0 Å². The average molecular weight is 244 g/mol. The highest BCUT2D eigenvalue weighted by Crippen LogP contribution is 2.22. The van der Waals surface area contributed by atoms with E-state index in [0.29, 0.717) is 5.76 Å². The second kappa shape index (κ2) is 4.64. The third kappa shape index (κ3) is 2.77. The van der Waals surface area contributed by atoms with Gasteiger partial charge in [0.2, 0.25) is 0 Å². The van der Waals surface area contributed by atoms with Gasteiger partial charge in [-0.3, -0.25) is 9.78 Å². The molecule has 0 aliphatic carbocycles. The monoisotopic (exact) mass is 244 g/mol. The average Bonchev–Trinajstić information content (AvgIpc) is 2.81. The molecule has 1 amide bonds. The van der Waals surface area contributed by atoms with Crippen molar-refractivity contribution < 1.29 is 9.21 Å². The van der Waals surface area contributed by atoms with Crippen molar-refractivity contribution >= 4 is 11.6 Å². The highest BCUT2D eigenvalue weighted by atomic mass is 16.3. The molecule has 2 heterocycles. The molecule has 2 rings (SSSR count). The Labute approximate surface area is 106 Å². The lowest BCUT2D eigenvalue weighted by atomic mass is 9.91. The first-order chi connectivity index (χ1) is 8.47. The van der Waals surface area contributed by atoms with Crippen LogP contribution in [0.25, 0.3) is 0 Å². The summed E-state index contributed by atoms with van der Waals surface area (Å²) in [5.41, 5.74) is 1.60. The van der Waals surface area contributed by atoms with Crippen LogP contribution in [0.5, 0.6) is 0 Å². The number of aromatic nitrogens is 1. The van der Waals surface area contributed by atoms with Crippen molar-refractivity contribution in [2.75, 3.05) is 5.32 Å². The van der Waals surface area contributed by atoms with Crippen LogP contribution in [-0.2, 0) is 5.41 Å². The Balaban J connectivity index is 2.18. The maximum atomic E-state index is 11.8. The molecule has 0 aliphatic rings. The van der Waals surface area contributed by atoms with Gasteiger partial charge in [-0.1, -0.05) is 20.8 Å². The minimum Gasteiger partial charge on any atom is -0.459 e. The van der Waals surface area contributed by atoms with E-state index in [1.807, 2.05) is 6.07 Å². The summed E-state index contributed by atoms with van der Waals surface area (Å²) >= 11 is 0. The molecule has 0 aliphatic heterocycles. The van der Waals surface area contributed by atoms with Crippen LogP contribution in [0.4, 0.5) is 5.69 Å². The normalized spacial score (nSPS) is 11.3. The van der Waals surface area contributed by atoms with Crippen molar-refractivity contribution in [1.29, 1.82) is 0 Å². The van der Waals surface area contributed by atoms with E-state index in [2.05, 4.69) is 31.1 Å². The SMILES string of the molecule is CC(C)(C)c1cc(NC(=O)c2ccco2)ccn1. The molecule has 0 atom stereocenters. The highest BCUT2D eigenvalue weighted by Gasteiger charge is 2.16. The quantitative estimate of drug-likeness (QED) is 0.882. The number of nitrogens with one attached hydrogen (secondary N) is 1. The zero-order valence-corrected chi connectivity index (χ0v) is 10.7. The van der Waals surface area contributed by atoms with Crippen molar-refractivity contribution in [3.05, 3.63) is 48.2 Å². The molecule has 0 unspecified atom stereocenters. The summed E-state index contributed by atoms with van der Waals surface area (Å²) in [5, 5.41) is 2.78. The van der Waals surface area contributed by atoms with Gasteiger partial charge in [-0.25, -0.2) is 0 Å². The number of carbonyl (C=O) groups is 1. The smallest absolute Gasteiger partial charge is 0.291 e. The summed E-state index contributed by atoms with van der Waals surface area (Å²) in [6.07, 6.45) is 3.17. The largest absolute Gasteiger partial charge is 0.459 e. The highest BCUT2D eigenvalue weighted by molar-refractivity contribution is 6.02. The van der Waals surface area contributed by atoms with Gasteiger partial charge < -0.3 is 9.73 Å². The third-order valence-electron chi connectivity index (χ3n) is 2.53. The van der Waals surface area contributed by atoms with Crippen molar-refractivity contribution in [3.63, 3.8) is 0 Å². The number of carbonyl (C=O) groups excluding carboxylic acids is 1. The molecule has 0 spiro atoms. The molecule has 0 bridgehead atoms. The lowest BCUT2D eigenvalue weighted by molar-refractivity contribution is 0.0996. The van der Waals surface area contributed by atoms with E-state index < -0.39 is 0 Å². The number of hydrogen-bond donors (Lipinski definition) is 1. The van der Waals surface area contributed by atoms with Crippen LogP contribution in [0.15, 0.2) is 41.1 Å². The van der Waals surface area contributed by atoms with Gasteiger partial charge in [-0.05, 0) is 24.3 Å². The van der Waals surface area contributed by atoms with E-state index in [-0.39, 0.29) is 11.3 Å². The second-order valence-corrected chi connectivity index (χ2v) is 5.11. The number of furan rings is 1. The Bertz CT molecular complexity index is 539. The van der Waals surface area contributed by atoms with E-state index in [0.717, 1.165) is 11.4 Å². The lowest BCUT2D eigenvalue weighted by Gasteiger charge is -2.18. The van der Waals surface area contributed by atoms with Crippen molar-refractivity contribution in [3.8, 4) is 0 Å². The molecule has 18 heavy (non-hydrogen) atoms. The molecule has 94 valence electrons. The summed E-state index contributed by atoms with van der Waals surface area (Å²) in [7, 11) is 0. The number of pyridine rings is 1. The molecule has 4 heteroatoms. The Morgan fingerprint density at radius 2 is 2.11 bits per heavy atom. The Morgan fingerprint density at radius 1 is 1.33 bits per heavy atom. The van der Waals surface area contributed by atoms with E-state index in [9.17, 15) is 4.79 Å². The predicted molar refractivity (Wildman–Crippen MR) is 69.6 cm³/mol. The molecular weight excluding hydrogens is 228 g/mol. The topological polar surface area (TPSA) is 55.1 Å². The van der Waals surface area contributed by atoms with Crippen LogP contribution >= 0.6 is 0 Å². The summed E-state index contributed by atoms with van der Waals surface area (Å²) in [5.74, 6) is 0.0372. The van der Waals surface area contributed by atoms with Crippen molar-refractivity contribution in [2.45, 2.75) is 26.2 Å². The Kier molecular flexibility index (Phi) is 3.19. The summed E-state index contributed by atoms with van der Waals surface area (Å²) in [6.45, 7) is 6.23. The van der Waals surface area contributed by atoms with Gasteiger partial charge in [0, 0.05) is 23.0 Å². The van der Waals surface area contributed by atoms with E-state index in [1.54, 1.807) is 24.4 Å². The maximum absolute atomic E-state index is 11.8. The number of nitrogens with zero attached hydrogens (tertiary/aromatic N) is 1. The van der Waals surface area contributed by atoms with Gasteiger partial charge in [-0.15, -0.1) is 0 Å². The van der Waals surface area contributed by atoms with Crippen LogP contribution in [0, 0.1) is 0 Å². The standard InChI is InChI=1S/C14H16N2O2/c1-14(2,3)12-9-10(6-7-15-12)16-13(17)11-5-4-8-18-11/h4-9H,1-3H3,(H,15,16,17). The van der Waals surface area contributed by atoms with Crippen molar-refractivity contribution in [2.24, 2.45) is 0 Å². The molecule has 2 aromatic rings. The molecular formula is C14H16N2O2. The molecule has 0 radical (unpaired) electrons. The fourth-order valence-corrected chi connectivity index (χ4v) is 1.52. The zero-order chi connectivity index (χ0) is 13.2. The van der Waals surface area contributed by atoms with Crippen LogP contribution in [0.2, 0.25) is 0 Å². The lowest BCUT2D eigenvalue weighted by Crippen LogP contribution is -2.15. The Morgan fingerprint density at radius 3 is 2.72 bits per heavy atom. The van der Waals surface area contributed by atoms with Crippen LogP contribution < -0.4 is 5.32 Å². The second-order valence-electron chi connectivity index (χ2n) is 5.11. The first-order valence-electron chi connectivity index (χ1n) is 5.78. The number of rotatable bonds is 2. The van der Waals surface area contributed by atoms with Gasteiger partial charge in [0.05, 0.1) is 6.26 Å². The molecule has 0 saturated heterocycles. The third-order valence-corrected chi connectivity index (χ3v) is 2.53. The minimum atomic E-state index is -0.258. The van der Waals surface area contributed by atoms with E-state index in [4.69, 9.17) is 4.42 Å². The number of hydrogen-bond acceptors (Lipinski definition) is 3. The Hall–Kier alpha value is -2.10. The molecule has 0 saturated carbocycles. The molecule has 2 aromatic heterocycles. The fourth-order valence-electron chi connectivity index (χ4n) is 1.52. The van der Waals surface area contributed by atoms with Gasteiger partial charge in [0.1, 0.15) is 0 Å². The molecule has 0 aromatic carbocycles. The van der Waals surface area contributed by atoms with E-state index >= 15 is 0 Å². The zero-order valence-electron chi connectivity index (χ0n) is 10.7. The molecule has 0 fully saturated rings.